The number of rotatable bonds is 11. The summed E-state index contributed by atoms with van der Waals surface area (Å²) in [7, 11) is 0. The van der Waals surface area contributed by atoms with Gasteiger partial charge in [-0.1, -0.05) is 73.7 Å². The van der Waals surface area contributed by atoms with E-state index < -0.39 is 6.10 Å². The number of aryl methyl sites for hydroxylation is 1. The minimum atomic E-state index is -0.539. The van der Waals surface area contributed by atoms with Crippen molar-refractivity contribution >= 4 is 0 Å². The number of aliphatic hydroxyl groups excluding tert-OH is 1. The maximum Gasteiger partial charge on any atom is 0.227 e. The van der Waals surface area contributed by atoms with Crippen molar-refractivity contribution in [1.82, 2.24) is 14.7 Å². The lowest BCUT2D eigenvalue weighted by atomic mass is 10.1. The monoisotopic (exact) mass is 467 g/mol. The highest BCUT2D eigenvalue weighted by Gasteiger charge is 2.29. The van der Waals surface area contributed by atoms with Gasteiger partial charge in [0.05, 0.1) is 23.0 Å². The predicted octanol–water partition coefficient (Wildman–Crippen LogP) is 6.17. The molecule has 1 aromatic heterocycles. The summed E-state index contributed by atoms with van der Waals surface area (Å²) < 4.78 is 8.42. The quantitative estimate of drug-likeness (QED) is 0.286. The zero-order chi connectivity index (χ0) is 24.0. The SMILES string of the molecule is CCc1nn(-c2ccccc2)c(Oc2ccccc2)c1CN(CC1CC1)CC(O)c1ccccc1. The summed E-state index contributed by atoms with van der Waals surface area (Å²) in [5, 5.41) is 16.0. The van der Waals surface area contributed by atoms with E-state index in [4.69, 9.17) is 9.84 Å². The van der Waals surface area contributed by atoms with Crippen molar-refractivity contribution in [2.24, 2.45) is 5.92 Å². The Bertz CT molecular complexity index is 1200. The topological polar surface area (TPSA) is 50.5 Å². The molecule has 4 aromatic rings. The van der Waals surface area contributed by atoms with E-state index in [0.29, 0.717) is 19.0 Å². The molecule has 0 amide bonds. The molecule has 1 aliphatic carbocycles. The highest BCUT2D eigenvalue weighted by molar-refractivity contribution is 5.43. The molecule has 35 heavy (non-hydrogen) atoms. The van der Waals surface area contributed by atoms with Gasteiger partial charge in [0.25, 0.3) is 0 Å². The van der Waals surface area contributed by atoms with Gasteiger partial charge in [-0.05, 0) is 55.0 Å². The average Bonchev–Trinajstić information content (AvgIpc) is 3.66. The van der Waals surface area contributed by atoms with E-state index in [9.17, 15) is 5.11 Å². The number of hydrogen-bond acceptors (Lipinski definition) is 4. The largest absolute Gasteiger partial charge is 0.439 e. The number of ether oxygens (including phenoxy) is 1. The molecule has 1 fully saturated rings. The predicted molar refractivity (Wildman–Crippen MR) is 139 cm³/mol. The van der Waals surface area contributed by atoms with Gasteiger partial charge in [-0.15, -0.1) is 0 Å². The highest BCUT2D eigenvalue weighted by Crippen LogP contribution is 2.35. The Kier molecular flexibility index (Phi) is 7.26. The average molecular weight is 468 g/mol. The normalized spacial score (nSPS) is 14.3. The summed E-state index contributed by atoms with van der Waals surface area (Å²) >= 11 is 0. The van der Waals surface area contributed by atoms with Crippen LogP contribution in [0.1, 0.15) is 42.7 Å². The molecule has 0 bridgehead atoms. The third-order valence-corrected chi connectivity index (χ3v) is 6.52. The van der Waals surface area contributed by atoms with Crippen molar-refractivity contribution in [3.8, 4) is 17.3 Å². The number of aromatic nitrogens is 2. The van der Waals surface area contributed by atoms with Crippen LogP contribution in [0.15, 0.2) is 91.0 Å². The zero-order valence-corrected chi connectivity index (χ0v) is 20.3. The summed E-state index contributed by atoms with van der Waals surface area (Å²) in [5.74, 6) is 2.23. The van der Waals surface area contributed by atoms with Gasteiger partial charge in [0.15, 0.2) is 0 Å². The lowest BCUT2D eigenvalue weighted by Crippen LogP contribution is -2.30. The molecule has 1 saturated carbocycles. The third-order valence-electron chi connectivity index (χ3n) is 6.52. The van der Waals surface area contributed by atoms with Crippen LogP contribution in [0.4, 0.5) is 0 Å². The number of nitrogens with zero attached hydrogens (tertiary/aromatic N) is 3. The van der Waals surface area contributed by atoms with Gasteiger partial charge in [0, 0.05) is 19.6 Å². The summed E-state index contributed by atoms with van der Waals surface area (Å²) in [5.41, 5.74) is 4.03. The van der Waals surface area contributed by atoms with Crippen LogP contribution in [0.2, 0.25) is 0 Å². The minimum Gasteiger partial charge on any atom is -0.439 e. The highest BCUT2D eigenvalue weighted by atomic mass is 16.5. The molecule has 180 valence electrons. The molecule has 0 saturated heterocycles. The Balaban J connectivity index is 1.50. The number of aliphatic hydroxyl groups is 1. The number of para-hydroxylation sites is 2. The van der Waals surface area contributed by atoms with Gasteiger partial charge in [-0.25, -0.2) is 4.68 Å². The van der Waals surface area contributed by atoms with Crippen molar-refractivity contribution in [2.75, 3.05) is 13.1 Å². The zero-order valence-electron chi connectivity index (χ0n) is 20.3. The molecule has 1 unspecified atom stereocenters. The fraction of sp³-hybridized carbons (Fsp3) is 0.300. The second kappa shape index (κ2) is 10.9. The first-order valence-corrected chi connectivity index (χ1v) is 12.6. The maximum absolute atomic E-state index is 11.0. The molecule has 1 heterocycles. The summed E-state index contributed by atoms with van der Waals surface area (Å²) in [6, 6.07) is 30.0. The first-order valence-electron chi connectivity index (χ1n) is 12.6. The lowest BCUT2D eigenvalue weighted by molar-refractivity contribution is 0.105. The van der Waals surface area contributed by atoms with Gasteiger partial charge >= 0.3 is 0 Å². The molecule has 0 radical (unpaired) electrons. The molecular formula is C30H33N3O2. The molecule has 5 heteroatoms. The van der Waals surface area contributed by atoms with Gasteiger partial charge < -0.3 is 9.84 Å². The van der Waals surface area contributed by atoms with Gasteiger partial charge in [-0.3, -0.25) is 4.90 Å². The standard InChI is InChI=1S/C30H33N3O2/c1-2-28-27(21-32(20-23-18-19-23)22-29(34)24-12-6-3-7-13-24)30(35-26-16-10-5-11-17-26)33(31-28)25-14-8-4-9-15-25/h3-17,23,29,34H,2,18-22H2,1H3. The molecular weight excluding hydrogens is 434 g/mol. The summed E-state index contributed by atoms with van der Waals surface area (Å²) in [4.78, 5) is 2.37. The van der Waals surface area contributed by atoms with Gasteiger partial charge in [-0.2, -0.15) is 5.10 Å². The maximum atomic E-state index is 11.0. The van der Waals surface area contributed by atoms with E-state index in [1.807, 2.05) is 83.5 Å². The smallest absolute Gasteiger partial charge is 0.227 e. The van der Waals surface area contributed by atoms with Crippen molar-refractivity contribution in [3.05, 3.63) is 108 Å². The van der Waals surface area contributed by atoms with Crippen LogP contribution in [0.3, 0.4) is 0 Å². The van der Waals surface area contributed by atoms with Crippen LogP contribution < -0.4 is 4.74 Å². The Morgan fingerprint density at radius 3 is 2.20 bits per heavy atom. The molecule has 0 spiro atoms. The second-order valence-electron chi connectivity index (χ2n) is 9.31. The third kappa shape index (κ3) is 5.81. The van der Waals surface area contributed by atoms with E-state index in [1.54, 1.807) is 0 Å². The fourth-order valence-electron chi connectivity index (χ4n) is 4.49. The molecule has 1 N–H and O–H groups in total. The lowest BCUT2D eigenvalue weighted by Gasteiger charge is -2.26. The van der Waals surface area contributed by atoms with Crippen LogP contribution in [-0.2, 0) is 13.0 Å². The van der Waals surface area contributed by atoms with Crippen LogP contribution in [0, 0.1) is 5.92 Å². The van der Waals surface area contributed by atoms with Crippen LogP contribution in [-0.4, -0.2) is 32.9 Å². The molecule has 1 atom stereocenters. The van der Waals surface area contributed by atoms with Gasteiger partial charge in [0.2, 0.25) is 5.88 Å². The van der Waals surface area contributed by atoms with E-state index in [1.165, 1.54) is 12.8 Å². The van der Waals surface area contributed by atoms with Crippen molar-refractivity contribution in [2.45, 2.75) is 38.8 Å². The Morgan fingerprint density at radius 1 is 0.943 bits per heavy atom. The number of benzene rings is 3. The first-order chi connectivity index (χ1) is 17.2. The van der Waals surface area contributed by atoms with Crippen LogP contribution in [0.25, 0.3) is 5.69 Å². The van der Waals surface area contributed by atoms with E-state index >= 15 is 0 Å². The van der Waals surface area contributed by atoms with E-state index in [2.05, 4.69) is 24.0 Å². The van der Waals surface area contributed by atoms with Gasteiger partial charge in [0.1, 0.15) is 5.75 Å². The van der Waals surface area contributed by atoms with Crippen molar-refractivity contribution < 1.29 is 9.84 Å². The van der Waals surface area contributed by atoms with Crippen LogP contribution >= 0.6 is 0 Å². The van der Waals surface area contributed by atoms with Crippen molar-refractivity contribution in [1.29, 1.82) is 0 Å². The summed E-state index contributed by atoms with van der Waals surface area (Å²) in [6.07, 6.45) is 2.78. The Labute approximate surface area is 207 Å². The minimum absolute atomic E-state index is 0.539. The molecule has 5 rings (SSSR count). The number of hydrogen-bond donors (Lipinski definition) is 1. The molecule has 1 aliphatic rings. The van der Waals surface area contributed by atoms with E-state index in [-0.39, 0.29) is 0 Å². The fourth-order valence-corrected chi connectivity index (χ4v) is 4.49. The second-order valence-corrected chi connectivity index (χ2v) is 9.31. The van der Waals surface area contributed by atoms with Crippen LogP contribution in [0.5, 0.6) is 11.6 Å². The van der Waals surface area contributed by atoms with Crippen molar-refractivity contribution in [3.63, 3.8) is 0 Å². The first kappa shape index (κ1) is 23.3. The summed E-state index contributed by atoms with van der Waals surface area (Å²) in [6.45, 7) is 4.36. The Morgan fingerprint density at radius 2 is 1.57 bits per heavy atom. The van der Waals surface area contributed by atoms with E-state index in [0.717, 1.165) is 47.1 Å². The molecule has 5 nitrogen and oxygen atoms in total. The Hall–Kier alpha value is -3.41. The molecule has 0 aliphatic heterocycles. The molecule has 3 aromatic carbocycles.